The second kappa shape index (κ2) is 11.5. The lowest BCUT2D eigenvalue weighted by Gasteiger charge is -2.46. The molecule has 2 saturated carbocycles. The molecule has 2 aliphatic carbocycles. The fourth-order valence-corrected chi connectivity index (χ4v) is 7.92. The number of likely N-dealkylation sites (N-methyl/N-ethyl adjacent to an activating group) is 2. The van der Waals surface area contributed by atoms with Crippen molar-refractivity contribution in [1.29, 1.82) is 0 Å². The monoisotopic (exact) mass is 479 g/mol. The van der Waals surface area contributed by atoms with Gasteiger partial charge in [-0.05, 0) is 86.9 Å². The van der Waals surface area contributed by atoms with E-state index in [1.165, 1.54) is 86.3 Å². The Labute approximate surface area is 216 Å². The van der Waals surface area contributed by atoms with Gasteiger partial charge in [-0.3, -0.25) is 0 Å². The molecule has 0 aromatic carbocycles. The van der Waals surface area contributed by atoms with Crippen LogP contribution in [0.2, 0.25) is 0 Å². The van der Waals surface area contributed by atoms with Crippen molar-refractivity contribution in [2.45, 2.75) is 132 Å². The predicted octanol–water partition coefficient (Wildman–Crippen LogP) is 8.40. The first kappa shape index (κ1) is 30.1. The van der Waals surface area contributed by atoms with Gasteiger partial charge in [-0.1, -0.05) is 67.2 Å². The van der Waals surface area contributed by atoms with Gasteiger partial charge in [0.2, 0.25) is 0 Å². The normalized spacial score (nSPS) is 31.8. The van der Waals surface area contributed by atoms with E-state index >= 15 is 0 Å². The number of hydrogen-bond donors (Lipinski definition) is 0. The van der Waals surface area contributed by atoms with Crippen LogP contribution in [0.4, 0.5) is 0 Å². The summed E-state index contributed by atoms with van der Waals surface area (Å²) >= 11 is 0. The van der Waals surface area contributed by atoms with Gasteiger partial charge in [0.1, 0.15) is 13.1 Å². The van der Waals surface area contributed by atoms with Crippen molar-refractivity contribution in [3.8, 4) is 0 Å². The zero-order chi connectivity index (χ0) is 25.9. The van der Waals surface area contributed by atoms with Crippen LogP contribution in [0.15, 0.2) is 0 Å². The SMILES string of the molecule is CC1CCCC(C)(C)C1CCC(C)[N+](C)(C)CC[N+](C)(C)C(C)CCC1C(C)CCCC1(C)C. The quantitative estimate of drug-likeness (QED) is 0.261. The Kier molecular flexibility index (Phi) is 10.2. The number of nitrogens with zero attached hydrogens (tertiary/aromatic N) is 2. The maximum Gasteiger partial charge on any atom is 0.128 e. The molecule has 0 N–H and O–H groups in total. The van der Waals surface area contributed by atoms with Crippen molar-refractivity contribution >= 4 is 0 Å². The summed E-state index contributed by atoms with van der Waals surface area (Å²) in [5.74, 6) is 3.62. The molecule has 34 heavy (non-hydrogen) atoms. The first-order valence-electron chi connectivity index (χ1n) is 15.1. The topological polar surface area (TPSA) is 0 Å². The van der Waals surface area contributed by atoms with Crippen LogP contribution < -0.4 is 0 Å². The maximum absolute atomic E-state index is 2.54. The molecule has 2 nitrogen and oxygen atoms in total. The largest absolute Gasteiger partial charge is 0.322 e. The lowest BCUT2D eigenvalue weighted by Crippen LogP contribution is -2.57. The summed E-state index contributed by atoms with van der Waals surface area (Å²) in [6, 6.07) is 1.48. The van der Waals surface area contributed by atoms with Gasteiger partial charge in [-0.15, -0.1) is 0 Å². The molecule has 0 amide bonds. The van der Waals surface area contributed by atoms with Gasteiger partial charge >= 0.3 is 0 Å². The molecule has 2 aliphatic rings. The Bertz CT molecular complexity index is 563. The van der Waals surface area contributed by atoms with Gasteiger partial charge in [0.25, 0.3) is 0 Å². The van der Waals surface area contributed by atoms with E-state index in [0.29, 0.717) is 10.8 Å². The highest BCUT2D eigenvalue weighted by atomic mass is 15.4. The van der Waals surface area contributed by atoms with Crippen LogP contribution in [0.25, 0.3) is 0 Å². The minimum atomic E-state index is 0.535. The molecule has 2 fully saturated rings. The molecule has 6 atom stereocenters. The van der Waals surface area contributed by atoms with Crippen LogP contribution in [0.1, 0.15) is 120 Å². The van der Waals surface area contributed by atoms with Gasteiger partial charge < -0.3 is 8.97 Å². The van der Waals surface area contributed by atoms with Gasteiger partial charge in [-0.2, -0.15) is 0 Å². The molecule has 0 spiro atoms. The predicted molar refractivity (Wildman–Crippen MR) is 152 cm³/mol. The van der Waals surface area contributed by atoms with Gasteiger partial charge in [0.15, 0.2) is 0 Å². The average molecular weight is 479 g/mol. The van der Waals surface area contributed by atoms with Crippen molar-refractivity contribution in [2.75, 3.05) is 41.3 Å². The maximum atomic E-state index is 2.54. The highest BCUT2D eigenvalue weighted by Gasteiger charge is 2.39. The fourth-order valence-electron chi connectivity index (χ4n) is 7.92. The smallest absolute Gasteiger partial charge is 0.128 e. The van der Waals surface area contributed by atoms with Gasteiger partial charge in [0.05, 0.1) is 40.3 Å². The molecule has 0 heterocycles. The van der Waals surface area contributed by atoms with Crippen molar-refractivity contribution in [3.63, 3.8) is 0 Å². The summed E-state index contributed by atoms with van der Waals surface area (Å²) in [6.07, 6.45) is 14.2. The second-order valence-electron chi connectivity index (χ2n) is 15.8. The average Bonchev–Trinajstić information content (AvgIpc) is 2.70. The standard InChI is InChI=1S/C32H66N2/c1-25-15-13-21-31(5,6)29(25)19-17-27(3)33(9,10)23-24-34(11,12)28(4)18-20-30-26(2)16-14-22-32(30,7)8/h25-30H,13-24H2,1-12H3/q+2. The van der Waals surface area contributed by atoms with E-state index in [1.807, 2.05) is 0 Å². The summed E-state index contributed by atoms with van der Waals surface area (Å²) in [4.78, 5) is 0. The zero-order valence-corrected chi connectivity index (χ0v) is 25.8. The van der Waals surface area contributed by atoms with Gasteiger partial charge in [0, 0.05) is 0 Å². The lowest BCUT2D eigenvalue weighted by molar-refractivity contribution is -0.967. The van der Waals surface area contributed by atoms with Crippen LogP contribution in [0.3, 0.4) is 0 Å². The lowest BCUT2D eigenvalue weighted by atomic mass is 9.62. The van der Waals surface area contributed by atoms with Crippen LogP contribution in [0.5, 0.6) is 0 Å². The third-order valence-corrected chi connectivity index (χ3v) is 11.8. The number of rotatable bonds is 11. The number of hydrogen-bond acceptors (Lipinski definition) is 0. The molecule has 0 aromatic rings. The minimum Gasteiger partial charge on any atom is -0.322 e. The Hall–Kier alpha value is -0.0800. The third kappa shape index (κ3) is 7.71. The summed E-state index contributed by atoms with van der Waals surface area (Å²) in [6.45, 7) is 22.8. The van der Waals surface area contributed by atoms with E-state index in [-0.39, 0.29) is 0 Å². The van der Waals surface area contributed by atoms with Crippen molar-refractivity contribution in [1.82, 2.24) is 0 Å². The molecule has 2 heteroatoms. The van der Waals surface area contributed by atoms with Crippen LogP contribution in [-0.4, -0.2) is 62.3 Å². The Morgan fingerprint density at radius 3 is 1.26 bits per heavy atom. The molecule has 0 bridgehead atoms. The number of quaternary nitrogens is 2. The minimum absolute atomic E-state index is 0.535. The Morgan fingerprint density at radius 1 is 0.647 bits per heavy atom. The van der Waals surface area contributed by atoms with E-state index in [1.54, 1.807) is 0 Å². The fraction of sp³-hybridized carbons (Fsp3) is 1.00. The first-order chi connectivity index (χ1) is 15.5. The molecular weight excluding hydrogens is 412 g/mol. The van der Waals surface area contributed by atoms with Crippen molar-refractivity contribution in [3.05, 3.63) is 0 Å². The van der Waals surface area contributed by atoms with Gasteiger partial charge in [-0.25, -0.2) is 0 Å². The van der Waals surface area contributed by atoms with E-state index in [4.69, 9.17) is 0 Å². The van der Waals surface area contributed by atoms with E-state index in [9.17, 15) is 0 Å². The Balaban J connectivity index is 1.86. The molecule has 0 aromatic heterocycles. The molecule has 2 rings (SSSR count). The molecule has 6 unspecified atom stereocenters. The molecular formula is C32H66N2+2. The molecule has 0 radical (unpaired) electrons. The van der Waals surface area contributed by atoms with Crippen LogP contribution >= 0.6 is 0 Å². The van der Waals surface area contributed by atoms with Crippen molar-refractivity contribution < 1.29 is 8.97 Å². The highest BCUT2D eigenvalue weighted by Crippen LogP contribution is 2.47. The molecule has 0 saturated heterocycles. The highest BCUT2D eigenvalue weighted by molar-refractivity contribution is 4.87. The second-order valence-corrected chi connectivity index (χ2v) is 15.8. The summed E-state index contributed by atoms with van der Waals surface area (Å²) < 4.78 is 2.34. The van der Waals surface area contributed by atoms with E-state index < -0.39 is 0 Å². The summed E-state index contributed by atoms with van der Waals surface area (Å²) in [5, 5.41) is 0. The molecule has 202 valence electrons. The first-order valence-corrected chi connectivity index (χ1v) is 15.1. The van der Waals surface area contributed by atoms with E-state index in [2.05, 4.69) is 83.6 Å². The zero-order valence-electron chi connectivity index (χ0n) is 25.8. The Morgan fingerprint density at radius 2 is 0.971 bits per heavy atom. The van der Waals surface area contributed by atoms with E-state index in [0.717, 1.165) is 35.8 Å². The summed E-state index contributed by atoms with van der Waals surface area (Å²) in [7, 11) is 9.99. The third-order valence-electron chi connectivity index (χ3n) is 11.8. The summed E-state index contributed by atoms with van der Waals surface area (Å²) in [5.41, 5.74) is 1.07. The van der Waals surface area contributed by atoms with Crippen molar-refractivity contribution in [2.24, 2.45) is 34.5 Å². The molecule has 0 aliphatic heterocycles. The van der Waals surface area contributed by atoms with Crippen LogP contribution in [0, 0.1) is 34.5 Å². The van der Waals surface area contributed by atoms with Crippen LogP contribution in [-0.2, 0) is 0 Å².